The van der Waals surface area contributed by atoms with Crippen LogP contribution in [-0.2, 0) is 24.3 Å². The van der Waals surface area contributed by atoms with E-state index in [0.29, 0.717) is 13.0 Å². The van der Waals surface area contributed by atoms with E-state index < -0.39 is 38.8 Å². The Morgan fingerprint density at radius 2 is 2.04 bits per heavy atom. The molecular weight excluding hydrogens is 381 g/mol. The Balaban J connectivity index is 1.51. The summed E-state index contributed by atoms with van der Waals surface area (Å²) in [5, 5.41) is 0. The van der Waals surface area contributed by atoms with Gasteiger partial charge in [-0.25, -0.2) is 27.2 Å². The van der Waals surface area contributed by atoms with Crippen LogP contribution in [0.15, 0.2) is 29.2 Å². The van der Waals surface area contributed by atoms with E-state index in [4.69, 9.17) is 0 Å². The molecule has 0 radical (unpaired) electrons. The number of halogens is 1. The summed E-state index contributed by atoms with van der Waals surface area (Å²) in [6.07, 6.45) is -0.399. The lowest BCUT2D eigenvalue weighted by molar-refractivity contribution is -0.131. The lowest BCUT2D eigenvalue weighted by Crippen LogP contribution is -2.42. The van der Waals surface area contributed by atoms with Crippen molar-refractivity contribution >= 4 is 27.9 Å². The van der Waals surface area contributed by atoms with Gasteiger partial charge >= 0.3 is 6.09 Å². The number of imide groups is 1. The number of amides is 3. The van der Waals surface area contributed by atoms with Crippen LogP contribution in [0.25, 0.3) is 0 Å². The Kier molecular flexibility index (Phi) is 5.42. The molecular formula is C16H18FN3O6S. The maximum absolute atomic E-state index is 13.6. The fourth-order valence-corrected chi connectivity index (χ4v) is 4.20. The largest absolute Gasteiger partial charge is 0.439 e. The SMILES string of the molecule is O=C(CCNS(=O)(=O)c1ccccc1F)N1CC[C@H](N2C(=O)COC2=O)C1. The van der Waals surface area contributed by atoms with Gasteiger partial charge in [-0.1, -0.05) is 12.1 Å². The molecule has 1 aromatic carbocycles. The highest BCUT2D eigenvalue weighted by Crippen LogP contribution is 2.20. The molecule has 2 aliphatic heterocycles. The van der Waals surface area contributed by atoms with Crippen molar-refractivity contribution in [3.05, 3.63) is 30.1 Å². The molecule has 0 aromatic heterocycles. The van der Waals surface area contributed by atoms with E-state index in [2.05, 4.69) is 9.46 Å². The number of sulfonamides is 1. The third-order valence-electron chi connectivity index (χ3n) is 4.42. The van der Waals surface area contributed by atoms with Crippen molar-refractivity contribution in [2.45, 2.75) is 23.8 Å². The summed E-state index contributed by atoms with van der Waals surface area (Å²) in [6, 6.07) is 4.51. The molecule has 2 aliphatic rings. The summed E-state index contributed by atoms with van der Waals surface area (Å²) in [5.74, 6) is -1.63. The topological polar surface area (TPSA) is 113 Å². The van der Waals surface area contributed by atoms with Crippen molar-refractivity contribution in [1.82, 2.24) is 14.5 Å². The fourth-order valence-electron chi connectivity index (χ4n) is 3.09. The summed E-state index contributed by atoms with van der Waals surface area (Å²) < 4.78 is 44.6. The molecule has 0 unspecified atom stereocenters. The fraction of sp³-hybridized carbons (Fsp3) is 0.438. The maximum Gasteiger partial charge on any atom is 0.417 e. The molecule has 2 fully saturated rings. The van der Waals surface area contributed by atoms with Crippen molar-refractivity contribution in [3.8, 4) is 0 Å². The molecule has 1 aromatic rings. The smallest absolute Gasteiger partial charge is 0.417 e. The number of ether oxygens (including phenoxy) is 1. The van der Waals surface area contributed by atoms with E-state index >= 15 is 0 Å². The minimum Gasteiger partial charge on any atom is -0.439 e. The number of likely N-dealkylation sites (tertiary alicyclic amines) is 1. The molecule has 9 nitrogen and oxygen atoms in total. The van der Waals surface area contributed by atoms with E-state index in [0.717, 1.165) is 17.0 Å². The number of rotatable bonds is 6. The molecule has 1 atom stereocenters. The van der Waals surface area contributed by atoms with Gasteiger partial charge in [-0.05, 0) is 18.6 Å². The van der Waals surface area contributed by atoms with Crippen LogP contribution in [-0.4, -0.2) is 68.4 Å². The predicted octanol–water partition coefficient (Wildman–Crippen LogP) is 0.0738. The van der Waals surface area contributed by atoms with Crippen LogP contribution in [0.5, 0.6) is 0 Å². The molecule has 2 saturated heterocycles. The zero-order valence-corrected chi connectivity index (χ0v) is 15.1. The van der Waals surface area contributed by atoms with Crippen LogP contribution in [0, 0.1) is 5.82 Å². The zero-order chi connectivity index (χ0) is 19.6. The maximum atomic E-state index is 13.6. The van der Waals surface area contributed by atoms with Crippen molar-refractivity contribution in [1.29, 1.82) is 0 Å². The Hall–Kier alpha value is -2.53. The molecule has 0 bridgehead atoms. The second-order valence-corrected chi connectivity index (χ2v) is 7.91. The third-order valence-corrected chi connectivity index (χ3v) is 5.92. The van der Waals surface area contributed by atoms with Gasteiger partial charge in [0, 0.05) is 26.1 Å². The first-order chi connectivity index (χ1) is 12.8. The van der Waals surface area contributed by atoms with Crippen molar-refractivity contribution < 1.29 is 31.9 Å². The van der Waals surface area contributed by atoms with Crippen molar-refractivity contribution in [3.63, 3.8) is 0 Å². The molecule has 146 valence electrons. The third kappa shape index (κ3) is 4.08. The Bertz CT molecular complexity index is 859. The number of carbonyl (C=O) groups is 3. The number of cyclic esters (lactones) is 1. The van der Waals surface area contributed by atoms with Gasteiger partial charge in [-0.2, -0.15) is 0 Å². The number of hydrogen-bond donors (Lipinski definition) is 1. The Morgan fingerprint density at radius 3 is 2.70 bits per heavy atom. The molecule has 3 amide bonds. The standard InChI is InChI=1S/C16H18FN3O6S/c17-12-3-1-2-4-13(12)27(24,25)18-7-5-14(21)19-8-6-11(9-19)20-15(22)10-26-16(20)23/h1-4,11,18H,5-10H2/t11-/m0/s1. The molecule has 0 aliphatic carbocycles. The highest BCUT2D eigenvalue weighted by molar-refractivity contribution is 7.89. The summed E-state index contributed by atoms with van der Waals surface area (Å²) in [6.45, 7) is 0.0445. The lowest BCUT2D eigenvalue weighted by atomic mass is 10.2. The monoisotopic (exact) mass is 399 g/mol. The van der Waals surface area contributed by atoms with Gasteiger partial charge in [0.1, 0.15) is 10.7 Å². The van der Waals surface area contributed by atoms with Crippen molar-refractivity contribution in [2.75, 3.05) is 26.2 Å². The zero-order valence-electron chi connectivity index (χ0n) is 14.3. The average molecular weight is 399 g/mol. The van der Waals surface area contributed by atoms with Gasteiger partial charge in [-0.3, -0.25) is 9.59 Å². The summed E-state index contributed by atoms with van der Waals surface area (Å²) in [7, 11) is -4.06. The highest BCUT2D eigenvalue weighted by atomic mass is 32.2. The summed E-state index contributed by atoms with van der Waals surface area (Å²) in [4.78, 5) is 37.5. The van der Waals surface area contributed by atoms with E-state index in [1.54, 1.807) is 0 Å². The number of carbonyl (C=O) groups excluding carboxylic acids is 3. The van der Waals surface area contributed by atoms with Gasteiger partial charge in [0.25, 0.3) is 5.91 Å². The van der Waals surface area contributed by atoms with Crippen LogP contribution in [0.1, 0.15) is 12.8 Å². The minimum atomic E-state index is -4.06. The van der Waals surface area contributed by atoms with Gasteiger partial charge in [0.05, 0.1) is 6.04 Å². The normalized spacial score (nSPS) is 20.3. The van der Waals surface area contributed by atoms with Crippen molar-refractivity contribution in [2.24, 2.45) is 0 Å². The van der Waals surface area contributed by atoms with Crippen LogP contribution < -0.4 is 4.72 Å². The molecule has 0 spiro atoms. The first-order valence-electron chi connectivity index (χ1n) is 8.30. The molecule has 1 N–H and O–H groups in total. The predicted molar refractivity (Wildman–Crippen MR) is 89.4 cm³/mol. The second-order valence-electron chi connectivity index (χ2n) is 6.18. The van der Waals surface area contributed by atoms with Gasteiger partial charge in [0.15, 0.2) is 6.61 Å². The van der Waals surface area contributed by atoms with Gasteiger partial charge < -0.3 is 9.64 Å². The van der Waals surface area contributed by atoms with E-state index in [1.807, 2.05) is 0 Å². The van der Waals surface area contributed by atoms with Gasteiger partial charge in [-0.15, -0.1) is 0 Å². The van der Waals surface area contributed by atoms with Crippen LogP contribution >= 0.6 is 0 Å². The van der Waals surface area contributed by atoms with Gasteiger partial charge in [0.2, 0.25) is 15.9 Å². The highest BCUT2D eigenvalue weighted by Gasteiger charge is 2.41. The first kappa shape index (κ1) is 19.2. The quantitative estimate of drug-likeness (QED) is 0.725. The second kappa shape index (κ2) is 7.61. The molecule has 27 heavy (non-hydrogen) atoms. The molecule has 2 heterocycles. The van der Waals surface area contributed by atoms with E-state index in [9.17, 15) is 27.2 Å². The first-order valence-corrected chi connectivity index (χ1v) is 9.78. The minimum absolute atomic E-state index is 0.126. The summed E-state index contributed by atoms with van der Waals surface area (Å²) in [5.41, 5.74) is 0. The molecule has 11 heteroatoms. The number of benzene rings is 1. The lowest BCUT2D eigenvalue weighted by Gasteiger charge is -2.20. The Morgan fingerprint density at radius 1 is 1.30 bits per heavy atom. The molecule has 0 saturated carbocycles. The van der Waals surface area contributed by atoms with Crippen LogP contribution in [0.2, 0.25) is 0 Å². The number of hydrogen-bond acceptors (Lipinski definition) is 6. The summed E-state index contributed by atoms with van der Waals surface area (Å²) >= 11 is 0. The molecule has 3 rings (SSSR count). The Labute approximate surface area is 155 Å². The van der Waals surface area contributed by atoms with E-state index in [1.165, 1.54) is 17.0 Å². The average Bonchev–Trinajstić information content (AvgIpc) is 3.21. The van der Waals surface area contributed by atoms with Crippen LogP contribution in [0.4, 0.5) is 9.18 Å². The number of nitrogens with one attached hydrogen (secondary N) is 1. The van der Waals surface area contributed by atoms with E-state index in [-0.39, 0.29) is 32.0 Å². The number of nitrogens with zero attached hydrogens (tertiary/aromatic N) is 2. The van der Waals surface area contributed by atoms with Crippen LogP contribution in [0.3, 0.4) is 0 Å².